The second-order valence-corrected chi connectivity index (χ2v) is 6.01. The predicted octanol–water partition coefficient (Wildman–Crippen LogP) is 2.01. The molecule has 0 unspecified atom stereocenters. The number of ether oxygens (including phenoxy) is 2. The number of anilines is 2. The molecule has 2 atom stereocenters. The second kappa shape index (κ2) is 4.74. The number of carbonyl (C=O) groups excluding carboxylic acids is 2. The molecule has 3 aliphatic rings. The molecule has 0 aliphatic carbocycles. The molecule has 0 spiro atoms. The zero-order chi connectivity index (χ0) is 16.3. The highest BCUT2D eigenvalue weighted by molar-refractivity contribution is 5.99. The van der Waals surface area contributed by atoms with Gasteiger partial charge in [0.25, 0.3) is 0 Å². The van der Waals surface area contributed by atoms with Crippen molar-refractivity contribution in [3.8, 4) is 0 Å². The van der Waals surface area contributed by atoms with Gasteiger partial charge in [0.2, 0.25) is 12.5 Å². The Morgan fingerprint density at radius 3 is 1.58 bits per heavy atom. The Bertz CT molecular complexity index is 794. The SMILES string of the molecule is O=C1O[C@H]2[C@@H]3OC(=O)c4ccccc4N3CCN2c2ccccc21. The topological polar surface area (TPSA) is 59.1 Å². The number of nitrogens with zero attached hydrogens (tertiary/aromatic N) is 2. The van der Waals surface area contributed by atoms with Crippen LogP contribution in [0, 0.1) is 0 Å². The van der Waals surface area contributed by atoms with Gasteiger partial charge in [0.05, 0.1) is 22.5 Å². The summed E-state index contributed by atoms with van der Waals surface area (Å²) in [5.74, 6) is -0.771. The molecule has 120 valence electrons. The molecular weight excluding hydrogens is 308 g/mol. The molecule has 2 aromatic carbocycles. The molecule has 0 saturated carbocycles. The molecule has 6 nitrogen and oxygen atoms in total. The maximum atomic E-state index is 12.3. The minimum absolute atomic E-state index is 0.386. The van der Waals surface area contributed by atoms with E-state index in [-0.39, 0.29) is 11.9 Å². The van der Waals surface area contributed by atoms with Crippen molar-refractivity contribution in [2.45, 2.75) is 12.5 Å². The second-order valence-electron chi connectivity index (χ2n) is 6.01. The van der Waals surface area contributed by atoms with Crippen LogP contribution in [0.3, 0.4) is 0 Å². The number of hydrogen-bond acceptors (Lipinski definition) is 6. The van der Waals surface area contributed by atoms with Crippen molar-refractivity contribution in [2.24, 2.45) is 0 Å². The first-order chi connectivity index (χ1) is 11.7. The van der Waals surface area contributed by atoms with E-state index in [9.17, 15) is 9.59 Å². The first-order valence-corrected chi connectivity index (χ1v) is 7.87. The van der Waals surface area contributed by atoms with Crippen LogP contribution in [0.1, 0.15) is 20.7 Å². The summed E-state index contributed by atoms with van der Waals surface area (Å²) in [4.78, 5) is 28.7. The highest BCUT2D eigenvalue weighted by Gasteiger charge is 2.48. The molecule has 2 aromatic rings. The molecule has 1 saturated heterocycles. The number of esters is 2. The third-order valence-electron chi connectivity index (χ3n) is 4.76. The smallest absolute Gasteiger partial charge is 0.342 e. The van der Waals surface area contributed by atoms with E-state index < -0.39 is 12.5 Å². The standard InChI is InChI=1S/C18H14N2O4/c21-17-11-5-1-3-7-13(11)19-9-10-20-14-8-4-2-6-12(14)18(22)24-16(20)15(19)23-17/h1-8,15-16H,9-10H2/t15-,16-/m0/s1. The van der Waals surface area contributed by atoms with Crippen molar-refractivity contribution >= 4 is 23.3 Å². The summed E-state index contributed by atoms with van der Waals surface area (Å²) in [6.07, 6.45) is -1.28. The maximum Gasteiger partial charge on any atom is 0.342 e. The van der Waals surface area contributed by atoms with Crippen molar-refractivity contribution in [3.63, 3.8) is 0 Å². The van der Waals surface area contributed by atoms with E-state index in [1.165, 1.54) is 0 Å². The molecule has 0 amide bonds. The third kappa shape index (κ3) is 1.71. The summed E-state index contributed by atoms with van der Waals surface area (Å²) in [5.41, 5.74) is 2.75. The van der Waals surface area contributed by atoms with Crippen LogP contribution in [0.25, 0.3) is 0 Å². The normalized spacial score (nSPS) is 24.2. The fourth-order valence-corrected chi connectivity index (χ4v) is 3.68. The van der Waals surface area contributed by atoms with Gasteiger partial charge >= 0.3 is 11.9 Å². The third-order valence-corrected chi connectivity index (χ3v) is 4.76. The minimum atomic E-state index is -0.640. The maximum absolute atomic E-state index is 12.3. The fourth-order valence-electron chi connectivity index (χ4n) is 3.68. The first-order valence-electron chi connectivity index (χ1n) is 7.87. The Morgan fingerprint density at radius 2 is 1.12 bits per heavy atom. The molecule has 3 heterocycles. The lowest BCUT2D eigenvalue weighted by molar-refractivity contribution is -0.0499. The molecule has 0 bridgehead atoms. The fraction of sp³-hybridized carbons (Fsp3) is 0.222. The van der Waals surface area contributed by atoms with Crippen molar-refractivity contribution in [1.82, 2.24) is 0 Å². The molecular formula is C18H14N2O4. The van der Waals surface area contributed by atoms with Crippen LogP contribution in [-0.2, 0) is 9.47 Å². The summed E-state index contributed by atoms with van der Waals surface area (Å²) in [6.45, 7) is 1.36. The molecule has 0 N–H and O–H groups in total. The van der Waals surface area contributed by atoms with E-state index in [1.54, 1.807) is 12.1 Å². The van der Waals surface area contributed by atoms with Gasteiger partial charge in [-0.3, -0.25) is 0 Å². The Kier molecular flexibility index (Phi) is 2.65. The van der Waals surface area contributed by atoms with Gasteiger partial charge in [-0.05, 0) is 24.3 Å². The van der Waals surface area contributed by atoms with E-state index >= 15 is 0 Å². The van der Waals surface area contributed by atoms with Crippen molar-refractivity contribution in [2.75, 3.05) is 22.9 Å². The highest BCUT2D eigenvalue weighted by atomic mass is 16.6. The van der Waals surface area contributed by atoms with Crippen LogP contribution in [0.15, 0.2) is 48.5 Å². The number of rotatable bonds is 0. The lowest BCUT2D eigenvalue weighted by atomic mass is 10.0. The number of piperazine rings is 1. The van der Waals surface area contributed by atoms with Gasteiger partial charge in [0, 0.05) is 13.1 Å². The van der Waals surface area contributed by atoms with E-state index in [0.29, 0.717) is 24.2 Å². The van der Waals surface area contributed by atoms with Gasteiger partial charge in [-0.2, -0.15) is 0 Å². The molecule has 0 radical (unpaired) electrons. The summed E-state index contributed by atoms with van der Waals surface area (Å²) in [5, 5.41) is 0. The van der Waals surface area contributed by atoms with Gasteiger partial charge in [0.1, 0.15) is 0 Å². The van der Waals surface area contributed by atoms with Gasteiger partial charge in [-0.15, -0.1) is 0 Å². The van der Waals surface area contributed by atoms with Gasteiger partial charge in [-0.25, -0.2) is 9.59 Å². The Morgan fingerprint density at radius 1 is 0.708 bits per heavy atom. The van der Waals surface area contributed by atoms with E-state index in [1.807, 2.05) is 46.2 Å². The molecule has 1 fully saturated rings. The van der Waals surface area contributed by atoms with Gasteiger partial charge in [0.15, 0.2) is 0 Å². The van der Waals surface area contributed by atoms with Crippen molar-refractivity contribution in [3.05, 3.63) is 59.7 Å². The zero-order valence-electron chi connectivity index (χ0n) is 12.7. The average Bonchev–Trinajstić information content (AvgIpc) is 2.62. The molecule has 24 heavy (non-hydrogen) atoms. The lowest BCUT2D eigenvalue weighted by Gasteiger charge is -2.51. The average molecular weight is 322 g/mol. The highest BCUT2D eigenvalue weighted by Crippen LogP contribution is 2.39. The van der Waals surface area contributed by atoms with Crippen LogP contribution in [0.2, 0.25) is 0 Å². The molecule has 5 rings (SSSR count). The summed E-state index contributed by atoms with van der Waals surface area (Å²) in [6, 6.07) is 14.7. The minimum Gasteiger partial charge on any atom is -0.432 e. The van der Waals surface area contributed by atoms with Crippen LogP contribution < -0.4 is 9.80 Å². The zero-order valence-corrected chi connectivity index (χ0v) is 12.7. The van der Waals surface area contributed by atoms with E-state index in [0.717, 1.165) is 11.4 Å². The Balaban J connectivity index is 1.59. The Hall–Kier alpha value is -3.02. The lowest BCUT2D eigenvalue weighted by Crippen LogP contribution is -2.65. The van der Waals surface area contributed by atoms with Gasteiger partial charge in [-0.1, -0.05) is 24.3 Å². The van der Waals surface area contributed by atoms with Crippen LogP contribution >= 0.6 is 0 Å². The van der Waals surface area contributed by atoms with Crippen molar-refractivity contribution in [1.29, 1.82) is 0 Å². The monoisotopic (exact) mass is 322 g/mol. The number of fused-ring (bicyclic) bond motifs is 7. The quantitative estimate of drug-likeness (QED) is 0.692. The summed E-state index contributed by atoms with van der Waals surface area (Å²) in [7, 11) is 0. The largest absolute Gasteiger partial charge is 0.432 e. The van der Waals surface area contributed by atoms with Crippen LogP contribution in [0.5, 0.6) is 0 Å². The molecule has 3 aliphatic heterocycles. The predicted molar refractivity (Wildman–Crippen MR) is 86.0 cm³/mol. The molecule has 6 heteroatoms. The summed E-state index contributed by atoms with van der Waals surface area (Å²) >= 11 is 0. The van der Waals surface area contributed by atoms with Crippen LogP contribution in [0.4, 0.5) is 11.4 Å². The number of para-hydroxylation sites is 2. The van der Waals surface area contributed by atoms with Crippen LogP contribution in [-0.4, -0.2) is 37.5 Å². The van der Waals surface area contributed by atoms with E-state index in [4.69, 9.17) is 9.47 Å². The number of carbonyl (C=O) groups is 2. The summed E-state index contributed by atoms with van der Waals surface area (Å²) < 4.78 is 11.2. The van der Waals surface area contributed by atoms with E-state index in [2.05, 4.69) is 0 Å². The number of hydrogen-bond donors (Lipinski definition) is 0. The molecule has 0 aromatic heterocycles. The Labute approximate surface area is 138 Å². The first kappa shape index (κ1) is 13.4. The van der Waals surface area contributed by atoms with Gasteiger partial charge < -0.3 is 19.3 Å². The number of benzene rings is 2. The van der Waals surface area contributed by atoms with Crippen molar-refractivity contribution < 1.29 is 19.1 Å².